The van der Waals surface area contributed by atoms with E-state index < -0.39 is 0 Å². The fourth-order valence-corrected chi connectivity index (χ4v) is 0.735. The second-order valence-corrected chi connectivity index (χ2v) is 1.87. The molecule has 0 atom stereocenters. The Morgan fingerprint density at radius 1 is 2.00 bits per heavy atom. The zero-order valence-corrected chi connectivity index (χ0v) is 4.97. The first-order valence-electron chi connectivity index (χ1n) is 1.43. The van der Waals surface area contributed by atoms with Gasteiger partial charge in [-0.3, -0.25) is 0 Å². The summed E-state index contributed by atoms with van der Waals surface area (Å²) >= 11 is 3.94. The molecule has 30 valence electrons. The van der Waals surface area contributed by atoms with Crippen LogP contribution in [0.5, 0.6) is 0 Å². The summed E-state index contributed by atoms with van der Waals surface area (Å²) in [6, 6.07) is 0. The van der Waals surface area contributed by atoms with Gasteiger partial charge >= 0.3 is 0 Å². The molecule has 0 aliphatic heterocycles. The van der Waals surface area contributed by atoms with Crippen LogP contribution in [-0.2, 0) is 0 Å². The van der Waals surface area contributed by atoms with Gasteiger partial charge in [0, 0.05) is 5.75 Å². The molecular weight excluding hydrogens is 99.1 g/mol. The van der Waals surface area contributed by atoms with Crippen molar-refractivity contribution in [1.29, 1.82) is 0 Å². The van der Waals surface area contributed by atoms with E-state index in [0.717, 1.165) is 5.75 Å². The zero-order valence-electron chi connectivity index (χ0n) is 3.18. The lowest BCUT2D eigenvalue weighted by molar-refractivity contribution is 2.19. The molecule has 0 aliphatic carbocycles. The fraction of sp³-hybridized carbons (Fsp3) is 0.667. The third-order valence-corrected chi connectivity index (χ3v) is 1.28. The third kappa shape index (κ3) is 4.52. The summed E-state index contributed by atoms with van der Waals surface area (Å²) in [6.45, 7) is 2.08. The molecule has 0 rings (SSSR count). The van der Waals surface area contributed by atoms with Crippen LogP contribution < -0.4 is 0 Å². The molecule has 0 unspecified atom stereocenters. The van der Waals surface area contributed by atoms with Gasteiger partial charge in [-0.15, -0.1) is 8.20 Å². The molecule has 0 aromatic rings. The van der Waals surface area contributed by atoms with Gasteiger partial charge in [-0.1, -0.05) is 5.80 Å². The Morgan fingerprint density at radius 3 is 2.60 bits per heavy atom. The predicted octanol–water partition coefficient (Wildman–Crippen LogP) is 1.29. The maximum absolute atomic E-state index is 3.94. The van der Waals surface area contributed by atoms with Crippen LogP contribution in [0.3, 0.4) is 0 Å². The summed E-state index contributed by atoms with van der Waals surface area (Å²) in [7, 11) is 1.33. The summed E-state index contributed by atoms with van der Waals surface area (Å²) < 4.78 is 0. The molecule has 0 saturated carbocycles. The monoisotopic (exact) mass is 106 g/mol. The van der Waals surface area contributed by atoms with Crippen molar-refractivity contribution in [3.05, 3.63) is 0 Å². The normalized spacial score (nSPS) is 10.0. The van der Waals surface area contributed by atoms with Gasteiger partial charge in [0.25, 0.3) is 0 Å². The lowest BCUT2D eigenvalue weighted by atomic mass is 11.0. The molecule has 0 saturated heterocycles. The van der Waals surface area contributed by atoms with E-state index in [4.69, 9.17) is 0 Å². The summed E-state index contributed by atoms with van der Waals surface area (Å²) in [4.78, 5) is 0. The molecule has 0 fully saturated rings. The maximum Gasteiger partial charge on any atom is 0.0125 e. The van der Waals surface area contributed by atoms with Crippen molar-refractivity contribution < 1.29 is 0 Å². The van der Waals surface area contributed by atoms with Crippen LogP contribution in [0.25, 0.3) is 0 Å². The molecule has 0 aliphatic rings. The third-order valence-electron chi connectivity index (χ3n) is 0.264. The van der Waals surface area contributed by atoms with Gasteiger partial charge in [-0.2, -0.15) is 12.6 Å². The molecule has 0 spiro atoms. The van der Waals surface area contributed by atoms with Gasteiger partial charge in [-0.25, -0.2) is 0 Å². The topological polar surface area (TPSA) is 0 Å². The van der Waals surface area contributed by atoms with Crippen LogP contribution >= 0.6 is 20.8 Å². The van der Waals surface area contributed by atoms with Crippen molar-refractivity contribution in [2.45, 2.75) is 0 Å². The van der Waals surface area contributed by atoms with E-state index in [0.29, 0.717) is 0 Å². The van der Waals surface area contributed by atoms with Gasteiger partial charge in [0.1, 0.15) is 0 Å². The minimum atomic E-state index is 0.901. The molecule has 0 aromatic carbocycles. The van der Waals surface area contributed by atoms with Crippen LogP contribution in [0, 0.1) is 0 Å². The molecule has 0 bridgehead atoms. The second-order valence-electron chi connectivity index (χ2n) is 0.623. The molecule has 0 N–H and O–H groups in total. The molecule has 5 heavy (non-hydrogen) atoms. The quantitative estimate of drug-likeness (QED) is 0.378. The van der Waals surface area contributed by atoms with Crippen molar-refractivity contribution in [3.63, 3.8) is 0 Å². The Bertz CT molecular complexity index is 33.9. The molecule has 0 nitrogen and oxygen atoms in total. The molecular formula is C3H7PS. The van der Waals surface area contributed by atoms with E-state index in [1.54, 1.807) is 0 Å². The lowest BCUT2D eigenvalue weighted by Crippen LogP contribution is -1.61. The fourth-order valence-electron chi connectivity index (χ4n) is 0.0816. The minimum absolute atomic E-state index is 0.901. The van der Waals surface area contributed by atoms with Crippen LogP contribution in [-0.4, -0.2) is 18.2 Å². The van der Waals surface area contributed by atoms with Gasteiger partial charge < -0.3 is 0 Å². The van der Waals surface area contributed by atoms with E-state index >= 15 is 0 Å². The van der Waals surface area contributed by atoms with E-state index in [9.17, 15) is 0 Å². The van der Waals surface area contributed by atoms with E-state index in [1.807, 2.05) is 0 Å². The predicted molar refractivity (Wildman–Crippen MR) is 32.8 cm³/mol. The SMILES string of the molecule is CP=CCS. The average molecular weight is 106 g/mol. The van der Waals surface area contributed by atoms with Gasteiger partial charge in [0.05, 0.1) is 0 Å². The van der Waals surface area contributed by atoms with Crippen molar-refractivity contribution in [1.82, 2.24) is 0 Å². The average Bonchev–Trinajstić information content (AvgIpc) is 1.41. The summed E-state index contributed by atoms with van der Waals surface area (Å²) in [5, 5.41) is 0. The highest BCUT2D eigenvalue weighted by Crippen LogP contribution is 1.79. The first-order valence-corrected chi connectivity index (χ1v) is 3.47. The van der Waals surface area contributed by atoms with Crippen molar-refractivity contribution in [3.8, 4) is 0 Å². The highest BCUT2D eigenvalue weighted by atomic mass is 32.1. The number of hydrogen-bond donors (Lipinski definition) is 1. The maximum atomic E-state index is 3.94. The molecule has 0 radical (unpaired) electrons. The number of hydrogen-bond acceptors (Lipinski definition) is 1. The zero-order chi connectivity index (χ0) is 4.12. The molecule has 0 heterocycles. The Balaban J connectivity index is 2.62. The van der Waals surface area contributed by atoms with Gasteiger partial charge in [0.15, 0.2) is 0 Å². The first-order chi connectivity index (χ1) is 2.41. The highest BCUT2D eigenvalue weighted by molar-refractivity contribution is 7.81. The van der Waals surface area contributed by atoms with Gasteiger partial charge in [0.2, 0.25) is 0 Å². The highest BCUT2D eigenvalue weighted by Gasteiger charge is 1.53. The standard InChI is InChI=1S/C3H7PS/c1-4-2-3-5/h2,5H,3H2,1H3. The Hall–Kier alpha value is 0.520. The van der Waals surface area contributed by atoms with Crippen molar-refractivity contribution >= 4 is 26.6 Å². The van der Waals surface area contributed by atoms with Crippen LogP contribution in [0.4, 0.5) is 0 Å². The summed E-state index contributed by atoms with van der Waals surface area (Å²) in [6.07, 6.45) is 0. The van der Waals surface area contributed by atoms with Crippen LogP contribution in [0.2, 0.25) is 0 Å². The molecule has 2 heteroatoms. The lowest BCUT2D eigenvalue weighted by Gasteiger charge is -1.64. The van der Waals surface area contributed by atoms with Crippen LogP contribution in [0.1, 0.15) is 0 Å². The minimum Gasteiger partial charge on any atom is -0.175 e. The summed E-state index contributed by atoms with van der Waals surface area (Å²) in [5.74, 6) is 2.99. The largest absolute Gasteiger partial charge is 0.175 e. The summed E-state index contributed by atoms with van der Waals surface area (Å²) in [5.41, 5.74) is 0. The van der Waals surface area contributed by atoms with E-state index in [-0.39, 0.29) is 0 Å². The van der Waals surface area contributed by atoms with Crippen LogP contribution in [0.15, 0.2) is 0 Å². The second kappa shape index (κ2) is 4.52. The Labute approximate surface area is 39.8 Å². The Kier molecular flexibility index (Phi) is 4.99. The first kappa shape index (κ1) is 5.52. The smallest absolute Gasteiger partial charge is 0.0125 e. The molecule has 0 amide bonds. The number of thiol groups is 1. The van der Waals surface area contributed by atoms with E-state index in [2.05, 4.69) is 25.1 Å². The van der Waals surface area contributed by atoms with Crippen molar-refractivity contribution in [2.75, 3.05) is 12.4 Å². The number of rotatable bonds is 1. The Morgan fingerprint density at radius 2 is 2.60 bits per heavy atom. The van der Waals surface area contributed by atoms with Crippen molar-refractivity contribution in [2.24, 2.45) is 0 Å². The molecule has 0 aromatic heterocycles. The van der Waals surface area contributed by atoms with Gasteiger partial charge in [-0.05, 0) is 6.66 Å². The van der Waals surface area contributed by atoms with E-state index in [1.165, 1.54) is 8.20 Å².